The first-order valence-electron chi connectivity index (χ1n) is 20.3. The summed E-state index contributed by atoms with van der Waals surface area (Å²) in [5.41, 5.74) is 0.847. The number of urea groups is 1. The van der Waals surface area contributed by atoms with E-state index in [0.717, 1.165) is 31.2 Å². The van der Waals surface area contributed by atoms with E-state index >= 15 is 0 Å². The van der Waals surface area contributed by atoms with Gasteiger partial charge in [0, 0.05) is 62.7 Å². The third-order valence-corrected chi connectivity index (χ3v) is 10.4. The average molecular weight is 789 g/mol. The minimum absolute atomic E-state index is 0.110. The van der Waals surface area contributed by atoms with Gasteiger partial charge in [-0.1, -0.05) is 62.4 Å². The van der Waals surface area contributed by atoms with Crippen molar-refractivity contribution in [1.82, 2.24) is 41.1 Å². The summed E-state index contributed by atoms with van der Waals surface area (Å²) in [4.78, 5) is 67.2. The number of likely N-dealkylation sites (tertiary alicyclic amines) is 1. The van der Waals surface area contributed by atoms with Crippen LogP contribution in [0.4, 0.5) is 9.59 Å². The van der Waals surface area contributed by atoms with Crippen LogP contribution < -0.4 is 26.0 Å². The van der Waals surface area contributed by atoms with Gasteiger partial charge in [0.05, 0.1) is 25.1 Å². The van der Waals surface area contributed by atoms with Crippen LogP contribution in [0.2, 0.25) is 0 Å². The maximum Gasteiger partial charge on any atom is 0.407 e. The van der Waals surface area contributed by atoms with Gasteiger partial charge in [-0.15, -0.1) is 0 Å². The highest BCUT2D eigenvalue weighted by Crippen LogP contribution is 2.28. The van der Waals surface area contributed by atoms with E-state index in [2.05, 4.69) is 36.2 Å². The first kappa shape index (κ1) is 43.0. The van der Waals surface area contributed by atoms with E-state index in [0.29, 0.717) is 49.7 Å². The molecule has 5 amide bonds. The zero-order chi connectivity index (χ0) is 40.6. The summed E-state index contributed by atoms with van der Waals surface area (Å²) in [7, 11) is 0. The molecule has 15 heteroatoms. The van der Waals surface area contributed by atoms with E-state index in [1.54, 1.807) is 56.4 Å². The summed E-state index contributed by atoms with van der Waals surface area (Å²) in [6.07, 6.45) is 12.7. The van der Waals surface area contributed by atoms with Crippen LogP contribution in [0.3, 0.4) is 0 Å². The Balaban J connectivity index is 1.26. The summed E-state index contributed by atoms with van der Waals surface area (Å²) >= 11 is 0. The molecule has 1 saturated carbocycles. The van der Waals surface area contributed by atoms with Gasteiger partial charge in [-0.25, -0.2) is 14.6 Å². The number of piperidine rings is 1. The summed E-state index contributed by atoms with van der Waals surface area (Å²) < 4.78 is 11.2. The van der Waals surface area contributed by atoms with E-state index in [1.165, 1.54) is 12.7 Å². The van der Waals surface area contributed by atoms with Gasteiger partial charge in [0.1, 0.15) is 23.4 Å². The van der Waals surface area contributed by atoms with Crippen LogP contribution in [0.25, 0.3) is 0 Å². The zero-order valence-electron chi connectivity index (χ0n) is 33.5. The van der Waals surface area contributed by atoms with Gasteiger partial charge in [-0.3, -0.25) is 14.6 Å². The van der Waals surface area contributed by atoms with Crippen molar-refractivity contribution in [2.45, 2.75) is 127 Å². The monoisotopic (exact) mass is 788 g/mol. The van der Waals surface area contributed by atoms with Crippen LogP contribution in [0, 0.1) is 5.92 Å². The number of imidazole rings is 1. The first-order chi connectivity index (χ1) is 27.4. The lowest BCUT2D eigenvalue weighted by Crippen LogP contribution is -2.59. The molecule has 2 fully saturated rings. The summed E-state index contributed by atoms with van der Waals surface area (Å²) in [5, 5.41) is 23.3. The summed E-state index contributed by atoms with van der Waals surface area (Å²) in [5.74, 6) is 0.0222. The number of carbonyl (C=O) groups is 4. The molecule has 15 nitrogen and oxygen atoms in total. The molecule has 1 aromatic carbocycles. The highest BCUT2D eigenvalue weighted by Gasteiger charge is 2.33. The lowest BCUT2D eigenvalue weighted by Gasteiger charge is -2.34. The SMILES string of the molecule is CC(C)(C)OC(=O)NC1CCN(C(=O)N[C@@H](Cc2ccccc2)C(=O)N[C@@H](Cc2cnc[nH]2)C(=O)N[C@@H](CC2CCCCC2)[C@@H](O)CCOc2ccncc2)CC1. The molecule has 0 unspecified atom stereocenters. The molecule has 5 rings (SSSR count). The van der Waals surface area contributed by atoms with E-state index in [1.807, 2.05) is 30.3 Å². The van der Waals surface area contributed by atoms with Crippen LogP contribution in [-0.2, 0) is 27.2 Å². The number of aliphatic hydroxyl groups excluding tert-OH is 1. The molecule has 0 bridgehead atoms. The van der Waals surface area contributed by atoms with Gasteiger partial charge in [0.15, 0.2) is 0 Å². The highest BCUT2D eigenvalue weighted by molar-refractivity contribution is 5.92. The molecule has 4 atom stereocenters. The lowest BCUT2D eigenvalue weighted by molar-refractivity contribution is -0.131. The molecule has 1 aliphatic carbocycles. The summed E-state index contributed by atoms with van der Waals surface area (Å²) in [6, 6.07) is 9.67. The number of H-pyrrole nitrogens is 1. The summed E-state index contributed by atoms with van der Waals surface area (Å²) in [6.45, 7) is 6.39. The van der Waals surface area contributed by atoms with Crippen molar-refractivity contribution in [1.29, 1.82) is 0 Å². The number of aromatic nitrogens is 3. The van der Waals surface area contributed by atoms with E-state index in [-0.39, 0.29) is 31.9 Å². The van der Waals surface area contributed by atoms with E-state index in [9.17, 15) is 24.3 Å². The Morgan fingerprint density at radius 3 is 2.23 bits per heavy atom. The number of amides is 5. The zero-order valence-corrected chi connectivity index (χ0v) is 33.5. The molecule has 57 heavy (non-hydrogen) atoms. The number of aromatic amines is 1. The smallest absolute Gasteiger partial charge is 0.407 e. The number of rotatable bonds is 17. The number of nitrogens with one attached hydrogen (secondary N) is 5. The van der Waals surface area contributed by atoms with Crippen molar-refractivity contribution in [3.05, 3.63) is 78.6 Å². The third kappa shape index (κ3) is 14.7. The number of hydrogen-bond donors (Lipinski definition) is 6. The molecule has 2 aromatic heterocycles. The fourth-order valence-electron chi connectivity index (χ4n) is 7.41. The number of pyridine rings is 1. The molecule has 0 radical (unpaired) electrons. The third-order valence-electron chi connectivity index (χ3n) is 10.4. The van der Waals surface area contributed by atoms with Gasteiger partial charge in [0.25, 0.3) is 0 Å². The number of carbonyl (C=O) groups excluding carboxylic acids is 4. The second-order valence-corrected chi connectivity index (χ2v) is 16.2. The number of nitrogens with zero attached hydrogens (tertiary/aromatic N) is 3. The van der Waals surface area contributed by atoms with Gasteiger partial charge < -0.3 is 45.7 Å². The highest BCUT2D eigenvalue weighted by atomic mass is 16.6. The molecule has 310 valence electrons. The molecule has 6 N–H and O–H groups in total. The van der Waals surface area contributed by atoms with Crippen LogP contribution in [0.5, 0.6) is 5.75 Å². The average Bonchev–Trinajstić information content (AvgIpc) is 3.71. The van der Waals surface area contributed by atoms with Crippen molar-refractivity contribution >= 4 is 23.9 Å². The molecule has 3 aromatic rings. The number of hydrogen-bond acceptors (Lipinski definition) is 9. The van der Waals surface area contributed by atoms with Crippen molar-refractivity contribution in [3.8, 4) is 5.75 Å². The van der Waals surface area contributed by atoms with Crippen LogP contribution in [0.15, 0.2) is 67.4 Å². The van der Waals surface area contributed by atoms with E-state index in [4.69, 9.17) is 9.47 Å². The minimum Gasteiger partial charge on any atom is -0.493 e. The Morgan fingerprint density at radius 1 is 0.877 bits per heavy atom. The molecule has 1 aliphatic heterocycles. The quantitative estimate of drug-likeness (QED) is 0.115. The molecular formula is C42H60N8O7. The Kier molecular flexibility index (Phi) is 16.1. The van der Waals surface area contributed by atoms with Crippen LogP contribution in [0.1, 0.15) is 89.8 Å². The fraction of sp³-hybridized carbons (Fsp3) is 0.571. The molecule has 2 aliphatic rings. The van der Waals surface area contributed by atoms with Crippen molar-refractivity contribution in [2.75, 3.05) is 19.7 Å². The maximum absolute atomic E-state index is 14.2. The maximum atomic E-state index is 14.2. The van der Waals surface area contributed by atoms with Crippen molar-refractivity contribution < 1.29 is 33.8 Å². The first-order valence-corrected chi connectivity index (χ1v) is 20.3. The molecule has 1 saturated heterocycles. The molecule has 3 heterocycles. The lowest BCUT2D eigenvalue weighted by atomic mass is 9.83. The van der Waals surface area contributed by atoms with Gasteiger partial charge in [0.2, 0.25) is 11.8 Å². The Bertz CT molecular complexity index is 1670. The van der Waals surface area contributed by atoms with Gasteiger partial charge in [-0.2, -0.15) is 0 Å². The van der Waals surface area contributed by atoms with Gasteiger partial charge in [-0.05, 0) is 63.6 Å². The Hall–Kier alpha value is -5.18. The normalized spacial score (nSPS) is 17.4. The minimum atomic E-state index is -1.04. The largest absolute Gasteiger partial charge is 0.493 e. The predicted octanol–water partition coefficient (Wildman–Crippen LogP) is 4.43. The number of alkyl carbamates (subject to hydrolysis) is 1. The number of benzene rings is 1. The second-order valence-electron chi connectivity index (χ2n) is 16.2. The van der Waals surface area contributed by atoms with Crippen LogP contribution in [-0.4, -0.2) is 104 Å². The van der Waals surface area contributed by atoms with Crippen molar-refractivity contribution in [2.24, 2.45) is 5.92 Å². The second kappa shape index (κ2) is 21.4. The van der Waals surface area contributed by atoms with E-state index < -0.39 is 53.8 Å². The fourth-order valence-corrected chi connectivity index (χ4v) is 7.41. The van der Waals surface area contributed by atoms with Crippen molar-refractivity contribution in [3.63, 3.8) is 0 Å². The topological polar surface area (TPSA) is 200 Å². The van der Waals surface area contributed by atoms with Gasteiger partial charge >= 0.3 is 12.1 Å². The molecule has 0 spiro atoms. The van der Waals surface area contributed by atoms with Crippen LogP contribution >= 0.6 is 0 Å². The Morgan fingerprint density at radius 2 is 1.56 bits per heavy atom. The number of aliphatic hydroxyl groups is 1. The Labute approximate surface area is 335 Å². The predicted molar refractivity (Wildman–Crippen MR) is 214 cm³/mol. The standard InChI is InChI=1S/C42H60N8O7/c1-42(2,3)57-41(55)46-31-16-21-50(22-17-31)40(54)49-35(25-30-12-8-5-9-13-30)38(52)48-36(26-32-27-44-28-45-32)39(53)47-34(24-29-10-6-4-7-11-29)37(51)18-23-56-33-14-19-43-20-15-33/h5,8-9,12-15,19-20,27-29,31,34-37,51H,4,6-7,10-11,16-18,21-26H2,1-3H3,(H,44,45)(H,46,55)(H,47,53)(H,48,52)(H,49,54)/t34-,35-,36-,37-/m0/s1. The number of ether oxygens (including phenoxy) is 2. The molecular weight excluding hydrogens is 729 g/mol.